The van der Waals surface area contributed by atoms with Crippen LogP contribution in [-0.4, -0.2) is 18.5 Å². The molecular formula is C15H20Cl2N2O. The Labute approximate surface area is 130 Å². The van der Waals surface area contributed by atoms with E-state index in [1.807, 2.05) is 13.0 Å². The Kier molecular flexibility index (Phi) is 5.30. The predicted octanol–water partition coefficient (Wildman–Crippen LogP) is 4.02. The molecule has 2 atom stereocenters. The Morgan fingerprint density at radius 3 is 2.90 bits per heavy atom. The molecule has 3 nitrogen and oxygen atoms in total. The highest BCUT2D eigenvalue weighted by Gasteiger charge is 2.26. The smallest absolute Gasteiger partial charge is 0.241 e. The molecule has 1 saturated heterocycles. The molecule has 0 bridgehead atoms. The van der Waals surface area contributed by atoms with E-state index in [-0.39, 0.29) is 11.9 Å². The van der Waals surface area contributed by atoms with E-state index in [4.69, 9.17) is 23.2 Å². The van der Waals surface area contributed by atoms with Crippen LogP contribution in [0.4, 0.5) is 5.69 Å². The number of rotatable bonds is 3. The molecule has 0 saturated carbocycles. The molecular weight excluding hydrogens is 295 g/mol. The van der Waals surface area contributed by atoms with Gasteiger partial charge in [0.15, 0.2) is 0 Å². The fraction of sp³-hybridized carbons (Fsp3) is 0.533. The number of carbonyl (C=O) groups is 1. The molecule has 0 spiro atoms. The minimum absolute atomic E-state index is 0.0578. The average Bonchev–Trinajstić information content (AvgIpc) is 2.47. The largest absolute Gasteiger partial charge is 0.322 e. The van der Waals surface area contributed by atoms with Crippen LogP contribution in [0, 0.1) is 12.8 Å². The summed E-state index contributed by atoms with van der Waals surface area (Å²) in [5, 5.41) is 7.10. The van der Waals surface area contributed by atoms with E-state index in [9.17, 15) is 4.79 Å². The van der Waals surface area contributed by atoms with Gasteiger partial charge in [-0.2, -0.15) is 0 Å². The zero-order valence-corrected chi connectivity index (χ0v) is 13.3. The summed E-state index contributed by atoms with van der Waals surface area (Å²) in [5.74, 6) is 0.549. The molecule has 1 aliphatic heterocycles. The van der Waals surface area contributed by atoms with Crippen molar-refractivity contribution in [2.45, 2.75) is 39.2 Å². The Morgan fingerprint density at radius 1 is 1.45 bits per heavy atom. The van der Waals surface area contributed by atoms with E-state index in [1.165, 1.54) is 0 Å². The van der Waals surface area contributed by atoms with Crippen molar-refractivity contribution in [3.63, 3.8) is 0 Å². The van der Waals surface area contributed by atoms with Crippen molar-refractivity contribution >= 4 is 34.8 Å². The first-order chi connectivity index (χ1) is 9.52. The van der Waals surface area contributed by atoms with Crippen LogP contribution in [-0.2, 0) is 4.79 Å². The predicted molar refractivity (Wildman–Crippen MR) is 84.6 cm³/mol. The van der Waals surface area contributed by atoms with Crippen LogP contribution in [0.5, 0.6) is 0 Å². The highest BCUT2D eigenvalue weighted by molar-refractivity contribution is 6.40. The number of piperidine rings is 1. The van der Waals surface area contributed by atoms with Crippen molar-refractivity contribution in [2.24, 2.45) is 5.92 Å². The van der Waals surface area contributed by atoms with Crippen LogP contribution in [0.15, 0.2) is 12.1 Å². The van der Waals surface area contributed by atoms with Gasteiger partial charge in [-0.05, 0) is 43.9 Å². The van der Waals surface area contributed by atoms with E-state index in [0.717, 1.165) is 31.4 Å². The lowest BCUT2D eigenvalue weighted by atomic mass is 9.90. The van der Waals surface area contributed by atoms with Crippen LogP contribution >= 0.6 is 23.2 Å². The maximum Gasteiger partial charge on any atom is 0.241 e. The Morgan fingerprint density at radius 2 is 2.20 bits per heavy atom. The summed E-state index contributed by atoms with van der Waals surface area (Å²) in [5.41, 5.74) is 1.41. The summed E-state index contributed by atoms with van der Waals surface area (Å²) >= 11 is 12.3. The first-order valence-corrected chi connectivity index (χ1v) is 7.77. The lowest BCUT2D eigenvalue weighted by Gasteiger charge is -2.29. The zero-order valence-electron chi connectivity index (χ0n) is 11.8. The van der Waals surface area contributed by atoms with Crippen LogP contribution in [0.3, 0.4) is 0 Å². The molecule has 1 fully saturated rings. The number of hydrogen-bond donors (Lipinski definition) is 2. The maximum atomic E-state index is 12.4. The molecule has 2 N–H and O–H groups in total. The minimum Gasteiger partial charge on any atom is -0.322 e. The van der Waals surface area contributed by atoms with Gasteiger partial charge in [0.1, 0.15) is 0 Å². The zero-order chi connectivity index (χ0) is 14.7. The third kappa shape index (κ3) is 3.46. The highest BCUT2D eigenvalue weighted by atomic mass is 35.5. The monoisotopic (exact) mass is 314 g/mol. The normalized spacial score (nSPS) is 22.6. The van der Waals surface area contributed by atoms with Gasteiger partial charge >= 0.3 is 0 Å². The molecule has 1 heterocycles. The van der Waals surface area contributed by atoms with Crippen molar-refractivity contribution in [1.82, 2.24) is 5.32 Å². The van der Waals surface area contributed by atoms with Crippen molar-refractivity contribution in [3.05, 3.63) is 27.7 Å². The number of halogens is 2. The van der Waals surface area contributed by atoms with Gasteiger partial charge in [0.05, 0.1) is 21.8 Å². The highest BCUT2D eigenvalue weighted by Crippen LogP contribution is 2.33. The van der Waals surface area contributed by atoms with Crippen molar-refractivity contribution in [3.8, 4) is 0 Å². The van der Waals surface area contributed by atoms with Crippen molar-refractivity contribution in [2.75, 3.05) is 11.9 Å². The number of amides is 1. The maximum absolute atomic E-state index is 12.4. The quantitative estimate of drug-likeness (QED) is 0.884. The molecule has 1 aliphatic rings. The van der Waals surface area contributed by atoms with Gasteiger partial charge in [-0.1, -0.05) is 42.6 Å². The first-order valence-electron chi connectivity index (χ1n) is 7.01. The van der Waals surface area contributed by atoms with E-state index < -0.39 is 0 Å². The summed E-state index contributed by atoms with van der Waals surface area (Å²) in [6.07, 6.45) is 3.10. The third-order valence-corrected chi connectivity index (χ3v) is 4.74. The van der Waals surface area contributed by atoms with Crippen LogP contribution in [0.1, 0.15) is 31.7 Å². The lowest BCUT2D eigenvalue weighted by molar-refractivity contribution is -0.119. The van der Waals surface area contributed by atoms with Crippen LogP contribution in [0.2, 0.25) is 10.0 Å². The second-order valence-electron chi connectivity index (χ2n) is 5.35. The van der Waals surface area contributed by atoms with Gasteiger partial charge in [-0.25, -0.2) is 0 Å². The SMILES string of the molecule is CCC1CCNC(C(=O)Nc2c(Cl)ccc(C)c2Cl)C1. The van der Waals surface area contributed by atoms with Gasteiger partial charge in [0, 0.05) is 0 Å². The number of aryl methyl sites for hydroxylation is 1. The Bertz CT molecular complexity index is 505. The molecule has 0 aromatic heterocycles. The number of anilines is 1. The summed E-state index contributed by atoms with van der Waals surface area (Å²) in [6.45, 7) is 4.94. The molecule has 5 heteroatoms. The summed E-state index contributed by atoms with van der Waals surface area (Å²) in [7, 11) is 0. The number of nitrogens with one attached hydrogen (secondary N) is 2. The topological polar surface area (TPSA) is 41.1 Å². The summed E-state index contributed by atoms with van der Waals surface area (Å²) in [4.78, 5) is 12.4. The minimum atomic E-state index is -0.165. The van der Waals surface area contributed by atoms with Crippen LogP contribution < -0.4 is 10.6 Å². The van der Waals surface area contributed by atoms with Gasteiger partial charge in [0.2, 0.25) is 5.91 Å². The summed E-state index contributed by atoms with van der Waals surface area (Å²) in [6, 6.07) is 3.43. The number of hydrogen-bond acceptors (Lipinski definition) is 2. The van der Waals surface area contributed by atoms with Gasteiger partial charge in [-0.15, -0.1) is 0 Å². The fourth-order valence-corrected chi connectivity index (χ4v) is 3.01. The number of benzene rings is 1. The van der Waals surface area contributed by atoms with E-state index in [2.05, 4.69) is 17.6 Å². The van der Waals surface area contributed by atoms with Gasteiger partial charge in [-0.3, -0.25) is 4.79 Å². The molecule has 2 unspecified atom stereocenters. The molecule has 1 amide bonds. The Balaban J connectivity index is 2.10. The molecule has 110 valence electrons. The fourth-order valence-electron chi connectivity index (χ4n) is 2.55. The van der Waals surface area contributed by atoms with Gasteiger partial charge < -0.3 is 10.6 Å². The average molecular weight is 315 g/mol. The Hall–Kier alpha value is -0.770. The van der Waals surface area contributed by atoms with E-state index >= 15 is 0 Å². The van der Waals surface area contributed by atoms with Crippen molar-refractivity contribution in [1.29, 1.82) is 0 Å². The van der Waals surface area contributed by atoms with Gasteiger partial charge in [0.25, 0.3) is 0 Å². The van der Waals surface area contributed by atoms with E-state index in [0.29, 0.717) is 21.7 Å². The standard InChI is InChI=1S/C15H20Cl2N2O/c1-3-10-6-7-18-12(8-10)15(20)19-14-11(16)5-4-9(2)13(14)17/h4-5,10,12,18H,3,6-8H2,1-2H3,(H,19,20). The second-order valence-corrected chi connectivity index (χ2v) is 6.13. The summed E-state index contributed by atoms with van der Waals surface area (Å²) < 4.78 is 0. The van der Waals surface area contributed by atoms with Crippen LogP contribution in [0.25, 0.3) is 0 Å². The van der Waals surface area contributed by atoms with Crippen molar-refractivity contribution < 1.29 is 4.79 Å². The molecule has 1 aromatic carbocycles. The first kappa shape index (κ1) is 15.6. The number of carbonyl (C=O) groups excluding carboxylic acids is 1. The molecule has 0 radical (unpaired) electrons. The lowest BCUT2D eigenvalue weighted by Crippen LogP contribution is -2.46. The van der Waals surface area contributed by atoms with E-state index in [1.54, 1.807) is 6.07 Å². The second kappa shape index (κ2) is 6.79. The molecule has 0 aliphatic carbocycles. The third-order valence-electron chi connectivity index (χ3n) is 3.94. The molecule has 1 aromatic rings. The molecule has 20 heavy (non-hydrogen) atoms. The molecule has 2 rings (SSSR count).